The van der Waals surface area contributed by atoms with Gasteiger partial charge < -0.3 is 15.7 Å². The third kappa shape index (κ3) is 6.19. The number of carboxylic acids is 1. The molecule has 2 amide bonds. The largest absolute Gasteiger partial charge is 0.478 e. The first kappa shape index (κ1) is 22.6. The first-order valence-electron chi connectivity index (χ1n) is 9.30. The number of carbonyl (C=O) groups is 3. The number of aromatic carboxylic acids is 1. The Labute approximate surface area is 192 Å². The molecule has 31 heavy (non-hydrogen) atoms. The SMILES string of the molecule is CC(Sc1cccc(NC(=O)c2ccccc2C(=O)O)c1)C(=O)Nc1ccc(Br)cc1. The van der Waals surface area contributed by atoms with Crippen LogP contribution in [0.15, 0.2) is 82.2 Å². The summed E-state index contributed by atoms with van der Waals surface area (Å²) in [5.74, 6) is -1.82. The third-order valence-electron chi connectivity index (χ3n) is 4.29. The zero-order chi connectivity index (χ0) is 22.4. The van der Waals surface area contributed by atoms with Crippen LogP contribution in [0.25, 0.3) is 0 Å². The predicted octanol–water partition coefficient (Wildman–Crippen LogP) is 5.52. The molecule has 0 spiro atoms. The topological polar surface area (TPSA) is 95.5 Å². The Kier molecular flexibility index (Phi) is 7.49. The molecule has 3 N–H and O–H groups in total. The van der Waals surface area contributed by atoms with Crippen molar-refractivity contribution >= 4 is 56.9 Å². The van der Waals surface area contributed by atoms with Gasteiger partial charge in [0.15, 0.2) is 0 Å². The van der Waals surface area contributed by atoms with E-state index in [9.17, 15) is 19.5 Å². The normalized spacial score (nSPS) is 11.4. The van der Waals surface area contributed by atoms with Crippen LogP contribution >= 0.6 is 27.7 Å². The Morgan fingerprint density at radius 1 is 0.871 bits per heavy atom. The first-order valence-corrected chi connectivity index (χ1v) is 11.0. The van der Waals surface area contributed by atoms with E-state index in [1.807, 2.05) is 30.3 Å². The molecule has 0 aliphatic carbocycles. The van der Waals surface area contributed by atoms with E-state index in [1.54, 1.807) is 37.3 Å². The van der Waals surface area contributed by atoms with Crippen molar-refractivity contribution in [1.82, 2.24) is 0 Å². The molecule has 3 aromatic carbocycles. The quantitative estimate of drug-likeness (QED) is 0.372. The summed E-state index contributed by atoms with van der Waals surface area (Å²) in [5, 5.41) is 14.5. The Hall–Kier alpha value is -3.10. The Bertz CT molecular complexity index is 1120. The van der Waals surface area contributed by atoms with Gasteiger partial charge in [-0.1, -0.05) is 34.1 Å². The maximum absolute atomic E-state index is 12.6. The summed E-state index contributed by atoms with van der Waals surface area (Å²) in [6, 6.07) is 20.4. The fourth-order valence-electron chi connectivity index (χ4n) is 2.75. The zero-order valence-corrected chi connectivity index (χ0v) is 18.9. The number of carboxylic acid groups (broad SMARTS) is 1. The number of benzene rings is 3. The minimum atomic E-state index is -1.17. The molecular formula is C23H19BrN2O4S. The number of nitrogens with one attached hydrogen (secondary N) is 2. The number of hydrogen-bond acceptors (Lipinski definition) is 4. The summed E-state index contributed by atoms with van der Waals surface area (Å²) in [5.41, 5.74) is 1.23. The lowest BCUT2D eigenvalue weighted by Crippen LogP contribution is -2.22. The molecule has 0 saturated carbocycles. The van der Waals surface area contributed by atoms with Gasteiger partial charge in [0.1, 0.15) is 0 Å². The molecule has 0 heterocycles. The Morgan fingerprint density at radius 2 is 1.55 bits per heavy atom. The van der Waals surface area contributed by atoms with Crippen LogP contribution in [0.1, 0.15) is 27.6 Å². The summed E-state index contributed by atoms with van der Waals surface area (Å²) in [6.45, 7) is 1.80. The van der Waals surface area contributed by atoms with Gasteiger partial charge in [0, 0.05) is 20.7 Å². The van der Waals surface area contributed by atoms with Crippen molar-refractivity contribution in [3.8, 4) is 0 Å². The van der Waals surface area contributed by atoms with Crippen molar-refractivity contribution in [2.24, 2.45) is 0 Å². The zero-order valence-electron chi connectivity index (χ0n) is 16.5. The average Bonchev–Trinajstić information content (AvgIpc) is 2.75. The van der Waals surface area contributed by atoms with Crippen LogP contribution < -0.4 is 10.6 Å². The first-order chi connectivity index (χ1) is 14.8. The maximum atomic E-state index is 12.6. The molecule has 158 valence electrons. The highest BCUT2D eigenvalue weighted by molar-refractivity contribution is 9.10. The van der Waals surface area contributed by atoms with Crippen molar-refractivity contribution in [3.05, 3.63) is 88.4 Å². The van der Waals surface area contributed by atoms with Crippen LogP contribution in [0.5, 0.6) is 0 Å². The summed E-state index contributed by atoms with van der Waals surface area (Å²) in [7, 11) is 0. The molecule has 0 bridgehead atoms. The van der Waals surface area contributed by atoms with Crippen LogP contribution in [0.4, 0.5) is 11.4 Å². The van der Waals surface area contributed by atoms with Crippen molar-refractivity contribution in [2.45, 2.75) is 17.1 Å². The van der Waals surface area contributed by atoms with E-state index < -0.39 is 11.9 Å². The monoisotopic (exact) mass is 498 g/mol. The van der Waals surface area contributed by atoms with E-state index in [2.05, 4.69) is 26.6 Å². The van der Waals surface area contributed by atoms with E-state index in [4.69, 9.17) is 0 Å². The van der Waals surface area contributed by atoms with Crippen LogP contribution in [-0.2, 0) is 4.79 Å². The van der Waals surface area contributed by atoms with Gasteiger partial charge in [-0.2, -0.15) is 0 Å². The van der Waals surface area contributed by atoms with Gasteiger partial charge in [-0.3, -0.25) is 9.59 Å². The van der Waals surface area contributed by atoms with Crippen LogP contribution in [0.2, 0.25) is 0 Å². The number of hydrogen-bond donors (Lipinski definition) is 3. The van der Waals surface area contributed by atoms with Crippen LogP contribution in [0.3, 0.4) is 0 Å². The minimum Gasteiger partial charge on any atom is -0.478 e. The Morgan fingerprint density at radius 3 is 2.23 bits per heavy atom. The van der Waals surface area contributed by atoms with Gasteiger partial charge in [-0.15, -0.1) is 11.8 Å². The highest BCUT2D eigenvalue weighted by Crippen LogP contribution is 2.27. The van der Waals surface area contributed by atoms with Gasteiger partial charge in [0.2, 0.25) is 5.91 Å². The molecule has 0 fully saturated rings. The van der Waals surface area contributed by atoms with Gasteiger partial charge in [0.25, 0.3) is 5.91 Å². The number of carbonyl (C=O) groups excluding carboxylic acids is 2. The van der Waals surface area contributed by atoms with Gasteiger partial charge >= 0.3 is 5.97 Å². The van der Waals surface area contributed by atoms with Crippen molar-refractivity contribution < 1.29 is 19.5 Å². The standard InChI is InChI=1S/C23H19BrN2O4S/c1-14(21(27)25-16-11-9-15(24)10-12-16)31-18-6-4-5-17(13-18)26-22(28)19-7-2-3-8-20(19)23(29)30/h2-14H,1H3,(H,25,27)(H,26,28)(H,29,30). The van der Waals surface area contributed by atoms with Gasteiger partial charge in [-0.05, 0) is 61.5 Å². The van der Waals surface area contributed by atoms with Gasteiger partial charge in [-0.25, -0.2) is 4.79 Å². The second kappa shape index (κ2) is 10.3. The molecular weight excluding hydrogens is 480 g/mol. The number of thioether (sulfide) groups is 1. The fourth-order valence-corrected chi connectivity index (χ4v) is 3.94. The third-order valence-corrected chi connectivity index (χ3v) is 5.91. The summed E-state index contributed by atoms with van der Waals surface area (Å²) >= 11 is 4.71. The molecule has 0 saturated heterocycles. The molecule has 1 unspecified atom stereocenters. The molecule has 3 aromatic rings. The smallest absolute Gasteiger partial charge is 0.336 e. The number of amides is 2. The number of halogens is 1. The molecule has 0 radical (unpaired) electrons. The van der Waals surface area contributed by atoms with E-state index in [0.29, 0.717) is 11.4 Å². The minimum absolute atomic E-state index is 0.0660. The summed E-state index contributed by atoms with van der Waals surface area (Å²) in [6.07, 6.45) is 0. The second-order valence-electron chi connectivity index (χ2n) is 6.59. The lowest BCUT2D eigenvalue weighted by Gasteiger charge is -2.13. The molecule has 0 aromatic heterocycles. The highest BCUT2D eigenvalue weighted by Gasteiger charge is 2.17. The lowest BCUT2D eigenvalue weighted by molar-refractivity contribution is -0.115. The van der Waals surface area contributed by atoms with Crippen molar-refractivity contribution in [2.75, 3.05) is 10.6 Å². The second-order valence-corrected chi connectivity index (χ2v) is 8.92. The molecule has 3 rings (SSSR count). The molecule has 1 atom stereocenters. The summed E-state index contributed by atoms with van der Waals surface area (Å²) in [4.78, 5) is 37.2. The molecule has 8 heteroatoms. The fraction of sp³-hybridized carbons (Fsp3) is 0.0870. The summed E-state index contributed by atoms with van der Waals surface area (Å²) < 4.78 is 0.928. The van der Waals surface area contributed by atoms with E-state index in [-0.39, 0.29) is 22.3 Å². The molecule has 6 nitrogen and oxygen atoms in total. The van der Waals surface area contributed by atoms with Crippen molar-refractivity contribution in [3.63, 3.8) is 0 Å². The van der Waals surface area contributed by atoms with Crippen LogP contribution in [0, 0.1) is 0 Å². The van der Waals surface area contributed by atoms with E-state index >= 15 is 0 Å². The van der Waals surface area contributed by atoms with Crippen molar-refractivity contribution in [1.29, 1.82) is 0 Å². The van der Waals surface area contributed by atoms with Gasteiger partial charge in [0.05, 0.1) is 16.4 Å². The van der Waals surface area contributed by atoms with E-state index in [0.717, 1.165) is 9.37 Å². The molecule has 0 aliphatic rings. The number of rotatable bonds is 7. The Balaban J connectivity index is 1.66. The average molecular weight is 499 g/mol. The van der Waals surface area contributed by atoms with E-state index in [1.165, 1.54) is 23.9 Å². The number of anilines is 2. The van der Waals surface area contributed by atoms with Crippen LogP contribution in [-0.4, -0.2) is 28.1 Å². The maximum Gasteiger partial charge on any atom is 0.336 e. The predicted molar refractivity (Wildman–Crippen MR) is 126 cm³/mol. The lowest BCUT2D eigenvalue weighted by atomic mass is 10.1. The highest BCUT2D eigenvalue weighted by atomic mass is 79.9. The molecule has 0 aliphatic heterocycles.